The quantitative estimate of drug-likeness (QED) is 0.266. The van der Waals surface area contributed by atoms with Crippen LogP contribution < -0.4 is 31.2 Å². The molecule has 0 fully saturated rings. The topological polar surface area (TPSA) is 130 Å². The number of benzene rings is 1. The minimum Gasteiger partial charge on any atom is -0.496 e. The molecular formula is C17H23N5O4S. The van der Waals surface area contributed by atoms with Crippen LogP contribution in [0.3, 0.4) is 0 Å². The summed E-state index contributed by atoms with van der Waals surface area (Å²) in [4.78, 5) is 18.6. The number of nitrogens with two attached hydrogens (primary N) is 2. The fraction of sp³-hybridized carbons (Fsp3) is 0.353. The number of nitrogens with zero attached hydrogens (tertiary/aromatic N) is 2. The van der Waals surface area contributed by atoms with E-state index in [0.717, 1.165) is 0 Å². The Labute approximate surface area is 161 Å². The summed E-state index contributed by atoms with van der Waals surface area (Å²) in [6, 6.07) is 4.90. The second-order valence-corrected chi connectivity index (χ2v) is 5.93. The maximum absolute atomic E-state index is 12.0. The second kappa shape index (κ2) is 9.08. The average Bonchev–Trinajstić information content (AvgIpc) is 2.64. The van der Waals surface area contributed by atoms with E-state index in [9.17, 15) is 4.79 Å². The first kappa shape index (κ1) is 20.3. The smallest absolute Gasteiger partial charge is 0.252 e. The van der Waals surface area contributed by atoms with Crippen LogP contribution in [0.1, 0.15) is 6.42 Å². The number of hydrogen-bond donors (Lipinski definition) is 3. The molecule has 1 heterocycles. The highest BCUT2D eigenvalue weighted by Crippen LogP contribution is 2.39. The van der Waals surface area contributed by atoms with E-state index in [-0.39, 0.29) is 11.5 Å². The minimum absolute atomic E-state index is 0.0295. The number of rotatable bonds is 8. The molecule has 9 nitrogen and oxygen atoms in total. The number of guanidine groups is 1. The third kappa shape index (κ3) is 4.79. The van der Waals surface area contributed by atoms with Gasteiger partial charge in [-0.15, -0.1) is 0 Å². The Kier molecular flexibility index (Phi) is 6.83. The van der Waals surface area contributed by atoms with E-state index in [4.69, 9.17) is 37.9 Å². The van der Waals surface area contributed by atoms with Crippen LogP contribution >= 0.6 is 12.2 Å². The summed E-state index contributed by atoms with van der Waals surface area (Å²) in [5.41, 5.74) is 11.6. The molecule has 2 rings (SSSR count). The number of hydrogen-bond acceptors (Lipinski definition) is 6. The Bertz CT molecular complexity index is 947. The lowest BCUT2D eigenvalue weighted by atomic mass is 10.1. The molecule has 0 saturated heterocycles. The lowest BCUT2D eigenvalue weighted by Crippen LogP contribution is -2.23. The molecule has 0 atom stereocenters. The number of nitrogens with one attached hydrogen (secondary N) is 1. The van der Waals surface area contributed by atoms with E-state index in [1.807, 2.05) is 0 Å². The first-order chi connectivity index (χ1) is 12.9. The van der Waals surface area contributed by atoms with E-state index in [0.29, 0.717) is 52.8 Å². The SMILES string of the molecule is COc1cc(OC)c(-c2cc(=O)[nH]c(=S)n2CCCN=C(N)N)cc1OC. The maximum Gasteiger partial charge on any atom is 0.252 e. The van der Waals surface area contributed by atoms with Gasteiger partial charge in [-0.2, -0.15) is 0 Å². The fourth-order valence-electron chi connectivity index (χ4n) is 2.63. The van der Waals surface area contributed by atoms with Gasteiger partial charge in [0.15, 0.2) is 22.2 Å². The largest absolute Gasteiger partial charge is 0.496 e. The Hall–Kier alpha value is -3.01. The van der Waals surface area contributed by atoms with E-state index < -0.39 is 0 Å². The zero-order valence-electron chi connectivity index (χ0n) is 15.4. The minimum atomic E-state index is -0.313. The zero-order chi connectivity index (χ0) is 20.0. The summed E-state index contributed by atoms with van der Waals surface area (Å²) in [5, 5.41) is 0. The number of ether oxygens (including phenoxy) is 3. The third-order valence-corrected chi connectivity index (χ3v) is 4.17. The fourth-order valence-corrected chi connectivity index (χ4v) is 2.92. The second-order valence-electron chi connectivity index (χ2n) is 5.54. The molecule has 2 aromatic rings. The molecule has 0 radical (unpaired) electrons. The molecule has 0 saturated carbocycles. The number of aromatic amines is 1. The third-order valence-electron chi connectivity index (χ3n) is 3.85. The molecule has 0 spiro atoms. The highest BCUT2D eigenvalue weighted by molar-refractivity contribution is 7.71. The predicted molar refractivity (Wildman–Crippen MR) is 106 cm³/mol. The molecule has 1 aromatic heterocycles. The van der Waals surface area contributed by atoms with Crippen molar-refractivity contribution >= 4 is 18.2 Å². The molecule has 1 aromatic carbocycles. The molecule has 0 amide bonds. The summed E-state index contributed by atoms with van der Waals surface area (Å²) in [7, 11) is 4.61. The zero-order valence-corrected chi connectivity index (χ0v) is 16.3. The van der Waals surface area contributed by atoms with Gasteiger partial charge in [-0.05, 0) is 24.7 Å². The standard InChI is InChI=1S/C17H23N5O4S/c1-24-12-9-14(26-3)13(25-2)7-10(12)11-8-15(23)21-17(27)22(11)6-4-5-20-16(18)19/h7-9H,4-6H2,1-3H3,(H4,18,19,20)(H,21,23,27). The van der Waals surface area contributed by atoms with Gasteiger partial charge in [0.05, 0.1) is 27.0 Å². The number of methoxy groups -OCH3 is 3. The number of H-pyrrole nitrogens is 1. The van der Waals surface area contributed by atoms with E-state index in [1.165, 1.54) is 27.4 Å². The molecule has 0 aliphatic heterocycles. The summed E-state index contributed by atoms with van der Waals surface area (Å²) >= 11 is 5.34. The van der Waals surface area contributed by atoms with E-state index >= 15 is 0 Å². The van der Waals surface area contributed by atoms with Crippen molar-refractivity contribution in [2.24, 2.45) is 16.5 Å². The van der Waals surface area contributed by atoms with Crippen molar-refractivity contribution in [3.8, 4) is 28.5 Å². The molecule has 0 bridgehead atoms. The lowest BCUT2D eigenvalue weighted by molar-refractivity contribution is 0.349. The Balaban J connectivity index is 2.59. The summed E-state index contributed by atoms with van der Waals surface area (Å²) in [6.07, 6.45) is 0.626. The number of aliphatic imine (C=N–C) groups is 1. The summed E-state index contributed by atoms with van der Waals surface area (Å²) in [6.45, 7) is 0.935. The first-order valence-electron chi connectivity index (χ1n) is 8.11. The lowest BCUT2D eigenvalue weighted by Gasteiger charge is -2.18. The van der Waals surface area contributed by atoms with Gasteiger partial charge in [0.2, 0.25) is 0 Å². The van der Waals surface area contributed by atoms with Gasteiger partial charge >= 0.3 is 0 Å². The van der Waals surface area contributed by atoms with E-state index in [2.05, 4.69) is 9.98 Å². The van der Waals surface area contributed by atoms with Crippen molar-refractivity contribution < 1.29 is 14.2 Å². The van der Waals surface area contributed by atoms with Crippen molar-refractivity contribution in [2.45, 2.75) is 13.0 Å². The van der Waals surface area contributed by atoms with Gasteiger partial charge in [-0.25, -0.2) is 0 Å². The first-order valence-corrected chi connectivity index (χ1v) is 8.52. The highest BCUT2D eigenvalue weighted by atomic mass is 32.1. The van der Waals surface area contributed by atoms with Crippen molar-refractivity contribution in [1.29, 1.82) is 0 Å². The molecule has 0 unspecified atom stereocenters. The average molecular weight is 393 g/mol. The van der Waals surface area contributed by atoms with Gasteiger partial charge in [0, 0.05) is 30.8 Å². The van der Waals surface area contributed by atoms with Crippen molar-refractivity contribution in [3.05, 3.63) is 33.3 Å². The van der Waals surface area contributed by atoms with Gasteiger partial charge in [0.25, 0.3) is 5.56 Å². The maximum atomic E-state index is 12.0. The van der Waals surface area contributed by atoms with Crippen LogP contribution in [0.2, 0.25) is 0 Å². The van der Waals surface area contributed by atoms with Crippen LogP contribution in [-0.4, -0.2) is 43.4 Å². The van der Waals surface area contributed by atoms with E-state index in [1.54, 1.807) is 16.7 Å². The van der Waals surface area contributed by atoms with Crippen molar-refractivity contribution in [2.75, 3.05) is 27.9 Å². The van der Waals surface area contributed by atoms with Crippen molar-refractivity contribution in [1.82, 2.24) is 9.55 Å². The van der Waals surface area contributed by atoms with Gasteiger partial charge < -0.3 is 30.2 Å². The van der Waals surface area contributed by atoms with Gasteiger partial charge in [-0.1, -0.05) is 0 Å². The predicted octanol–water partition coefficient (Wildman–Crippen LogP) is 1.26. The monoisotopic (exact) mass is 393 g/mol. The molecule has 10 heteroatoms. The van der Waals surface area contributed by atoms with Crippen LogP contribution in [0, 0.1) is 4.77 Å². The Morgan fingerprint density at radius 2 is 1.74 bits per heavy atom. The van der Waals surface area contributed by atoms with Crippen LogP contribution in [0.15, 0.2) is 28.0 Å². The van der Waals surface area contributed by atoms with Crippen LogP contribution in [0.4, 0.5) is 0 Å². The van der Waals surface area contributed by atoms with Crippen LogP contribution in [0.5, 0.6) is 17.2 Å². The van der Waals surface area contributed by atoms with Crippen molar-refractivity contribution in [3.63, 3.8) is 0 Å². The Morgan fingerprint density at radius 3 is 2.33 bits per heavy atom. The number of aromatic nitrogens is 2. The van der Waals surface area contributed by atoms with Crippen LogP contribution in [0.25, 0.3) is 11.3 Å². The molecule has 146 valence electrons. The normalized spacial score (nSPS) is 10.3. The van der Waals surface area contributed by atoms with Gasteiger partial charge in [-0.3, -0.25) is 14.8 Å². The summed E-state index contributed by atoms with van der Waals surface area (Å²) < 4.78 is 18.3. The molecule has 5 N–H and O–H groups in total. The summed E-state index contributed by atoms with van der Waals surface area (Å²) in [5.74, 6) is 1.57. The highest BCUT2D eigenvalue weighted by Gasteiger charge is 2.17. The van der Waals surface area contributed by atoms with Crippen LogP contribution in [-0.2, 0) is 6.54 Å². The molecule has 0 aliphatic carbocycles. The molecular weight excluding hydrogens is 370 g/mol. The molecule has 0 aliphatic rings. The molecule has 27 heavy (non-hydrogen) atoms. The Morgan fingerprint density at radius 1 is 1.11 bits per heavy atom. The van der Waals surface area contributed by atoms with Gasteiger partial charge in [0.1, 0.15) is 5.75 Å².